The van der Waals surface area contributed by atoms with Crippen LogP contribution < -0.4 is 21.1 Å². The molecule has 5 rings (SSSR count). The number of nitrogens with zero attached hydrogens (tertiary/aromatic N) is 1. The highest BCUT2D eigenvalue weighted by atomic mass is 31.2. The van der Waals surface area contributed by atoms with Gasteiger partial charge < -0.3 is 5.21 Å². The van der Waals surface area contributed by atoms with Gasteiger partial charge in [-0.15, -0.1) is 0 Å². The van der Waals surface area contributed by atoms with Crippen LogP contribution in [0.4, 0.5) is 5.69 Å². The second-order valence-electron chi connectivity index (χ2n) is 8.34. The van der Waals surface area contributed by atoms with E-state index in [9.17, 15) is 20.0 Å². The average molecular weight is 483 g/mol. The average Bonchev–Trinajstić information content (AvgIpc) is 3.15. The summed E-state index contributed by atoms with van der Waals surface area (Å²) in [6.07, 6.45) is 0.541. The summed E-state index contributed by atoms with van der Waals surface area (Å²) < 4.78 is 0. The van der Waals surface area contributed by atoms with Crippen molar-refractivity contribution in [3.8, 4) is 0 Å². The van der Waals surface area contributed by atoms with Gasteiger partial charge in [0, 0.05) is 6.07 Å². The number of fused-ring (bicyclic) bond motifs is 1. The minimum Gasteiger partial charge on any atom is -0.595 e. The first kappa shape index (κ1) is 23.1. The molecule has 0 saturated heterocycles. The maximum atomic E-state index is 13.3. The zero-order valence-corrected chi connectivity index (χ0v) is 19.8. The predicted molar refractivity (Wildman–Crippen MR) is 138 cm³/mol. The molecule has 2 N–H and O–H groups in total. The topological polar surface area (TPSA) is 85.1 Å². The van der Waals surface area contributed by atoms with Crippen LogP contribution >= 0.6 is 7.26 Å². The van der Waals surface area contributed by atoms with Gasteiger partial charge in [-0.3, -0.25) is 14.5 Å². The Morgan fingerprint density at radius 1 is 0.686 bits per heavy atom. The molecule has 2 amide bonds. The summed E-state index contributed by atoms with van der Waals surface area (Å²) in [4.78, 5) is 27.8. The minimum absolute atomic E-state index is 0.0203. The van der Waals surface area contributed by atoms with Crippen LogP contribution in [0, 0.1) is 5.21 Å². The van der Waals surface area contributed by atoms with E-state index >= 15 is 0 Å². The molecule has 0 spiro atoms. The molecular weight excluding hydrogens is 459 g/mol. The first-order valence-corrected chi connectivity index (χ1v) is 13.3. The van der Waals surface area contributed by atoms with Crippen molar-refractivity contribution in [2.45, 2.75) is 0 Å². The van der Waals surface area contributed by atoms with Crippen molar-refractivity contribution in [2.75, 3.05) is 12.7 Å². The Morgan fingerprint density at radius 2 is 1.17 bits per heavy atom. The highest BCUT2D eigenvalue weighted by Gasteiger charge is 2.47. The number of carbonyl (C=O) groups is 2. The molecule has 1 aliphatic rings. The Bertz CT molecular complexity index is 1270. The quantitative estimate of drug-likeness (QED) is 0.241. The lowest BCUT2D eigenvalue weighted by Gasteiger charge is -2.29. The van der Waals surface area contributed by atoms with Crippen molar-refractivity contribution in [2.24, 2.45) is 0 Å². The van der Waals surface area contributed by atoms with Crippen LogP contribution in [0.1, 0.15) is 20.7 Å². The Labute approximate surface area is 203 Å². The van der Waals surface area contributed by atoms with E-state index in [4.69, 9.17) is 0 Å². The summed E-state index contributed by atoms with van der Waals surface area (Å²) >= 11 is 0. The Balaban J connectivity index is 1.60. The van der Waals surface area contributed by atoms with E-state index in [1.54, 1.807) is 0 Å². The largest absolute Gasteiger partial charge is 0.595 e. The number of benzene rings is 4. The molecule has 0 aromatic heterocycles. The van der Waals surface area contributed by atoms with Crippen molar-refractivity contribution < 1.29 is 20.0 Å². The first-order valence-electron chi connectivity index (χ1n) is 11.3. The number of amides is 2. The van der Waals surface area contributed by atoms with E-state index in [0.717, 1.165) is 15.9 Å². The van der Waals surface area contributed by atoms with Gasteiger partial charge in [-0.25, -0.2) is 5.21 Å². The Kier molecular flexibility index (Phi) is 6.29. The number of carbonyl (C=O) groups excluding carboxylic acids is 2. The van der Waals surface area contributed by atoms with Gasteiger partial charge in [0.05, 0.1) is 18.3 Å². The lowest BCUT2D eigenvalue weighted by Crippen LogP contribution is -2.99. The molecule has 35 heavy (non-hydrogen) atoms. The van der Waals surface area contributed by atoms with Crippen LogP contribution in [0.15, 0.2) is 109 Å². The van der Waals surface area contributed by atoms with Crippen LogP contribution in [0.25, 0.3) is 0 Å². The molecule has 6 nitrogen and oxygen atoms in total. The van der Waals surface area contributed by atoms with E-state index < -0.39 is 24.3 Å². The van der Waals surface area contributed by atoms with E-state index in [1.165, 1.54) is 23.1 Å². The third-order valence-corrected chi connectivity index (χ3v) is 10.9. The third kappa shape index (κ3) is 3.97. The minimum atomic E-state index is -2.25. The van der Waals surface area contributed by atoms with E-state index in [1.807, 2.05) is 54.6 Å². The van der Waals surface area contributed by atoms with E-state index in [-0.39, 0.29) is 23.4 Å². The lowest BCUT2D eigenvalue weighted by molar-refractivity contribution is -0.991. The molecule has 1 atom stereocenters. The molecule has 1 unspecified atom stereocenters. The van der Waals surface area contributed by atoms with Crippen molar-refractivity contribution in [3.63, 3.8) is 0 Å². The van der Waals surface area contributed by atoms with Crippen molar-refractivity contribution in [1.82, 2.24) is 4.90 Å². The van der Waals surface area contributed by atoms with Crippen LogP contribution in [-0.4, -0.2) is 34.6 Å². The van der Waals surface area contributed by atoms with E-state index in [2.05, 4.69) is 36.4 Å². The van der Waals surface area contributed by atoms with Crippen LogP contribution in [0.2, 0.25) is 0 Å². The molecule has 0 aliphatic carbocycles. The molecule has 7 heteroatoms. The fourth-order valence-electron chi connectivity index (χ4n) is 4.85. The number of imide groups is 1. The second kappa shape index (κ2) is 9.53. The molecule has 1 heterocycles. The number of hydrogen-bond acceptors (Lipinski definition) is 4. The Morgan fingerprint density at radius 3 is 1.63 bits per heavy atom. The van der Waals surface area contributed by atoms with Crippen molar-refractivity contribution in [3.05, 3.63) is 126 Å². The van der Waals surface area contributed by atoms with Gasteiger partial charge in [0.1, 0.15) is 28.7 Å². The van der Waals surface area contributed by atoms with Gasteiger partial charge in [0.15, 0.2) is 5.69 Å². The van der Waals surface area contributed by atoms with E-state index in [0.29, 0.717) is 6.16 Å². The monoisotopic (exact) mass is 483 g/mol. The smallest absolute Gasteiger partial charge is 0.267 e. The van der Waals surface area contributed by atoms with Crippen LogP contribution in [-0.2, 0) is 0 Å². The maximum Gasteiger partial charge on any atom is 0.267 e. The molecule has 0 saturated carbocycles. The van der Waals surface area contributed by atoms with Crippen LogP contribution in [0.5, 0.6) is 0 Å². The highest BCUT2D eigenvalue weighted by Crippen LogP contribution is 2.55. The molecule has 0 fully saturated rings. The fraction of sp³-hybridized carbons (Fsp3) is 0.0714. The second-order valence-corrected chi connectivity index (χ2v) is 12.0. The van der Waals surface area contributed by atoms with Gasteiger partial charge in [-0.2, -0.15) is 5.23 Å². The van der Waals surface area contributed by atoms with Crippen molar-refractivity contribution in [1.29, 1.82) is 0 Å². The molecule has 1 aliphatic heterocycles. The van der Waals surface area contributed by atoms with Crippen LogP contribution in [0.3, 0.4) is 0 Å². The SMILES string of the molecule is O=C1c2cccc([NH+]([O-])O)c2C(=O)N1CC[P+](c1ccccc1)(c1ccccc1)c1ccccc1. The fourth-order valence-corrected chi connectivity index (χ4v) is 9.06. The number of quaternary nitrogens is 1. The van der Waals surface area contributed by atoms with Gasteiger partial charge in [-0.05, 0) is 42.5 Å². The summed E-state index contributed by atoms with van der Waals surface area (Å²) in [5.74, 6) is -0.990. The van der Waals surface area contributed by atoms with Gasteiger partial charge in [-0.1, -0.05) is 60.7 Å². The normalized spacial score (nSPS) is 14.2. The molecule has 0 radical (unpaired) electrons. The summed E-state index contributed by atoms with van der Waals surface area (Å²) in [5, 5.41) is 23.5. The summed E-state index contributed by atoms with van der Waals surface area (Å²) in [5.41, 5.74) is -0.00961. The Hall–Kier alpha value is -3.67. The van der Waals surface area contributed by atoms with Crippen molar-refractivity contribution >= 4 is 40.7 Å². The summed E-state index contributed by atoms with van der Waals surface area (Å²) in [6.45, 7) is 0.178. The molecular formula is C28H24N2O4P+. The number of rotatable bonds is 7. The summed E-state index contributed by atoms with van der Waals surface area (Å²) in [7, 11) is -2.25. The number of hydrogen-bond donors (Lipinski definition) is 2. The standard InChI is InChI=1S/C28H24N2O4P/c31-27-24-17-10-18-25(30(33)34)26(24)28(32)29(27)19-20-35(21-11-4-1-5-12-21,22-13-6-2-7-14-22)23-15-8-3-9-16-23/h1-18,30,33H,19-20H2/q+1. The first-order chi connectivity index (χ1) is 17.0. The molecule has 4 aromatic rings. The highest BCUT2D eigenvalue weighted by molar-refractivity contribution is 7.95. The van der Waals surface area contributed by atoms with Gasteiger partial charge >= 0.3 is 0 Å². The molecule has 174 valence electrons. The van der Waals surface area contributed by atoms with Gasteiger partial charge in [0.2, 0.25) is 0 Å². The van der Waals surface area contributed by atoms with Gasteiger partial charge in [0.25, 0.3) is 11.8 Å². The maximum absolute atomic E-state index is 13.3. The zero-order valence-electron chi connectivity index (χ0n) is 18.9. The number of nitrogens with one attached hydrogen (secondary N) is 1. The zero-order chi connectivity index (χ0) is 24.4. The molecule has 0 bridgehead atoms. The lowest BCUT2D eigenvalue weighted by atomic mass is 10.1. The predicted octanol–water partition coefficient (Wildman–Crippen LogP) is 2.68. The molecule has 4 aromatic carbocycles. The summed E-state index contributed by atoms with van der Waals surface area (Å²) in [6, 6.07) is 35.1. The third-order valence-electron chi connectivity index (χ3n) is 6.48.